The van der Waals surface area contributed by atoms with Gasteiger partial charge in [-0.2, -0.15) is 0 Å². The smallest absolute Gasteiger partial charge is 0.243 e. The van der Waals surface area contributed by atoms with E-state index >= 15 is 0 Å². The van der Waals surface area contributed by atoms with Gasteiger partial charge in [-0.05, 0) is 34.4 Å². The molecular weight excluding hydrogens is 293 g/mol. The predicted molar refractivity (Wildman–Crippen MR) is 78.6 cm³/mol. The summed E-state index contributed by atoms with van der Waals surface area (Å²) in [6, 6.07) is 3.59. The lowest BCUT2D eigenvalue weighted by Gasteiger charge is -2.10. The van der Waals surface area contributed by atoms with Crippen LogP contribution < -0.4 is 4.72 Å². The highest BCUT2D eigenvalue weighted by Crippen LogP contribution is 2.67. The Balaban J connectivity index is 2.17. The Labute approximate surface area is 125 Å². The van der Waals surface area contributed by atoms with Crippen molar-refractivity contribution < 1.29 is 17.9 Å². The third-order valence-electron chi connectivity index (χ3n) is 5.26. The first-order chi connectivity index (χ1) is 9.54. The van der Waals surface area contributed by atoms with Crippen LogP contribution in [0.25, 0.3) is 0 Å². The maximum atomic E-state index is 13.7. The van der Waals surface area contributed by atoms with Crippen LogP contribution in [-0.4, -0.2) is 20.1 Å². The normalized spacial score (nSPS) is 20.5. The molecule has 1 aliphatic carbocycles. The maximum Gasteiger partial charge on any atom is 0.243 e. The van der Waals surface area contributed by atoms with Crippen LogP contribution in [0.4, 0.5) is 4.39 Å². The summed E-state index contributed by atoms with van der Waals surface area (Å²) in [5.41, 5.74) is 0.478. The molecule has 118 valence electrons. The van der Waals surface area contributed by atoms with E-state index in [1.807, 2.05) is 0 Å². The van der Waals surface area contributed by atoms with Gasteiger partial charge in [-0.1, -0.05) is 33.8 Å². The Bertz CT molecular complexity index is 639. The summed E-state index contributed by atoms with van der Waals surface area (Å²) in [5, 5.41) is 9.05. The number of halogens is 1. The van der Waals surface area contributed by atoms with Crippen LogP contribution in [0.15, 0.2) is 23.1 Å². The maximum absolute atomic E-state index is 13.7. The second-order valence-electron chi connectivity index (χ2n) is 6.77. The Morgan fingerprint density at radius 3 is 2.29 bits per heavy atom. The standard InChI is InChI=1S/C15H22FNO3S/c1-14(2)13(15(14,3)4)8-17-21(19,20)12-7-10(9-18)5-6-11(12)16/h5-7,13,17-18H,8-9H2,1-4H3. The number of aliphatic hydroxyl groups is 1. The average molecular weight is 315 g/mol. The van der Waals surface area contributed by atoms with Gasteiger partial charge in [0.25, 0.3) is 0 Å². The van der Waals surface area contributed by atoms with Gasteiger partial charge >= 0.3 is 0 Å². The molecule has 1 aromatic rings. The van der Waals surface area contributed by atoms with Gasteiger partial charge in [0.1, 0.15) is 10.7 Å². The molecule has 6 heteroatoms. The van der Waals surface area contributed by atoms with Gasteiger partial charge in [0.15, 0.2) is 0 Å². The second-order valence-corrected chi connectivity index (χ2v) is 8.51. The number of aliphatic hydroxyl groups excluding tert-OH is 1. The van der Waals surface area contributed by atoms with E-state index in [-0.39, 0.29) is 29.9 Å². The van der Waals surface area contributed by atoms with Gasteiger partial charge in [-0.3, -0.25) is 0 Å². The van der Waals surface area contributed by atoms with Crippen LogP contribution in [0.1, 0.15) is 33.3 Å². The van der Waals surface area contributed by atoms with Gasteiger partial charge in [-0.15, -0.1) is 0 Å². The Hall–Kier alpha value is -0.980. The number of sulfonamides is 1. The highest BCUT2D eigenvalue weighted by Gasteiger charge is 2.64. The molecule has 0 radical (unpaired) electrons. The van der Waals surface area contributed by atoms with Crippen LogP contribution in [0, 0.1) is 22.6 Å². The van der Waals surface area contributed by atoms with Crippen molar-refractivity contribution in [1.29, 1.82) is 0 Å². The Morgan fingerprint density at radius 2 is 1.81 bits per heavy atom. The fraction of sp³-hybridized carbons (Fsp3) is 0.600. The average Bonchev–Trinajstić information content (AvgIpc) is 2.77. The van der Waals surface area contributed by atoms with E-state index in [0.717, 1.165) is 6.07 Å². The van der Waals surface area contributed by atoms with E-state index in [4.69, 9.17) is 5.11 Å². The molecule has 21 heavy (non-hydrogen) atoms. The summed E-state index contributed by atoms with van der Waals surface area (Å²) in [4.78, 5) is -0.412. The van der Waals surface area contributed by atoms with E-state index in [1.54, 1.807) is 0 Å². The largest absolute Gasteiger partial charge is 0.392 e. The number of hydrogen-bond donors (Lipinski definition) is 2. The van der Waals surface area contributed by atoms with Crippen LogP contribution in [-0.2, 0) is 16.6 Å². The van der Waals surface area contributed by atoms with Crippen LogP contribution >= 0.6 is 0 Å². The topological polar surface area (TPSA) is 66.4 Å². The van der Waals surface area contributed by atoms with E-state index in [2.05, 4.69) is 32.4 Å². The van der Waals surface area contributed by atoms with E-state index in [0.29, 0.717) is 5.56 Å². The molecule has 4 nitrogen and oxygen atoms in total. The molecule has 0 unspecified atom stereocenters. The van der Waals surface area contributed by atoms with Gasteiger partial charge in [-0.25, -0.2) is 17.5 Å². The summed E-state index contributed by atoms with van der Waals surface area (Å²) in [6.07, 6.45) is 0. The Morgan fingerprint density at radius 1 is 1.24 bits per heavy atom. The summed E-state index contributed by atoms with van der Waals surface area (Å²) in [6.45, 7) is 8.34. The zero-order chi connectivity index (χ0) is 16.1. The minimum Gasteiger partial charge on any atom is -0.392 e. The molecular formula is C15H22FNO3S. The van der Waals surface area contributed by atoms with Crippen molar-refractivity contribution in [2.75, 3.05) is 6.54 Å². The SMILES string of the molecule is CC1(C)C(CNS(=O)(=O)c2cc(CO)ccc2F)C1(C)C. The van der Waals surface area contributed by atoms with E-state index < -0.39 is 20.7 Å². The first kappa shape index (κ1) is 16.4. The summed E-state index contributed by atoms with van der Waals surface area (Å²) >= 11 is 0. The molecule has 1 aliphatic rings. The first-order valence-corrected chi connectivity index (χ1v) is 8.41. The quantitative estimate of drug-likeness (QED) is 0.876. The summed E-state index contributed by atoms with van der Waals surface area (Å²) in [7, 11) is -3.92. The van der Waals surface area contributed by atoms with Crippen LogP contribution in [0.5, 0.6) is 0 Å². The summed E-state index contributed by atoms with van der Waals surface area (Å²) < 4.78 is 40.7. The number of benzene rings is 1. The third-order valence-corrected chi connectivity index (χ3v) is 6.70. The lowest BCUT2D eigenvalue weighted by atomic mass is 10.0. The van der Waals surface area contributed by atoms with Crippen molar-refractivity contribution in [3.63, 3.8) is 0 Å². The Kier molecular flexibility index (Phi) is 3.93. The lowest BCUT2D eigenvalue weighted by Crippen LogP contribution is -2.28. The fourth-order valence-electron chi connectivity index (χ4n) is 2.97. The molecule has 2 N–H and O–H groups in total. The molecule has 0 amide bonds. The molecule has 0 atom stereocenters. The zero-order valence-electron chi connectivity index (χ0n) is 12.8. The molecule has 0 heterocycles. The predicted octanol–water partition coefficient (Wildman–Crippen LogP) is 2.28. The molecule has 0 bridgehead atoms. The van der Waals surface area contributed by atoms with E-state index in [1.165, 1.54) is 12.1 Å². The number of rotatable bonds is 5. The molecule has 0 aliphatic heterocycles. The van der Waals surface area contributed by atoms with Crippen molar-refractivity contribution in [2.24, 2.45) is 16.7 Å². The molecule has 1 saturated carbocycles. The minimum atomic E-state index is -3.92. The highest BCUT2D eigenvalue weighted by atomic mass is 32.2. The van der Waals surface area contributed by atoms with E-state index in [9.17, 15) is 12.8 Å². The molecule has 0 spiro atoms. The first-order valence-electron chi connectivity index (χ1n) is 6.93. The minimum absolute atomic E-state index is 0.0566. The monoisotopic (exact) mass is 315 g/mol. The van der Waals surface area contributed by atoms with Crippen molar-refractivity contribution >= 4 is 10.0 Å². The van der Waals surface area contributed by atoms with Crippen molar-refractivity contribution in [2.45, 2.75) is 39.2 Å². The molecule has 0 saturated heterocycles. The van der Waals surface area contributed by atoms with Gasteiger partial charge in [0, 0.05) is 6.54 Å². The zero-order valence-corrected chi connectivity index (χ0v) is 13.6. The number of nitrogens with one attached hydrogen (secondary N) is 1. The van der Waals surface area contributed by atoms with Gasteiger partial charge in [0.05, 0.1) is 6.61 Å². The second kappa shape index (κ2) is 5.04. The summed E-state index contributed by atoms with van der Waals surface area (Å²) in [5.74, 6) is -0.599. The molecule has 2 rings (SSSR count). The lowest BCUT2D eigenvalue weighted by molar-refractivity contribution is 0.281. The van der Waals surface area contributed by atoms with Crippen molar-refractivity contribution in [3.05, 3.63) is 29.6 Å². The third kappa shape index (κ3) is 2.72. The van der Waals surface area contributed by atoms with Crippen molar-refractivity contribution in [1.82, 2.24) is 4.72 Å². The molecule has 1 aromatic carbocycles. The fourth-order valence-corrected chi connectivity index (χ4v) is 4.14. The van der Waals surface area contributed by atoms with Crippen molar-refractivity contribution in [3.8, 4) is 0 Å². The van der Waals surface area contributed by atoms with Gasteiger partial charge < -0.3 is 5.11 Å². The van der Waals surface area contributed by atoms with Gasteiger partial charge in [0.2, 0.25) is 10.0 Å². The number of hydrogen-bond acceptors (Lipinski definition) is 3. The molecule has 1 fully saturated rings. The van der Waals surface area contributed by atoms with Crippen LogP contribution in [0.2, 0.25) is 0 Å². The highest BCUT2D eigenvalue weighted by molar-refractivity contribution is 7.89. The van der Waals surface area contributed by atoms with Crippen LogP contribution in [0.3, 0.4) is 0 Å². The molecule has 0 aromatic heterocycles.